The number of phenolic OH excluding ortho intramolecular Hbond substituents is 2. The molecule has 0 radical (unpaired) electrons. The summed E-state index contributed by atoms with van der Waals surface area (Å²) in [5.74, 6) is -1.09. The molecular weight excluding hydrogens is 373 g/mol. The smallest absolute Gasteiger partial charge is 0.322 e. The first kappa shape index (κ1) is 20.2. The van der Waals surface area contributed by atoms with Crippen molar-refractivity contribution in [3.05, 3.63) is 18.2 Å². The van der Waals surface area contributed by atoms with Gasteiger partial charge < -0.3 is 30.7 Å². The summed E-state index contributed by atoms with van der Waals surface area (Å²) >= 11 is 0. The highest BCUT2D eigenvalue weighted by atomic mass is 19.1. The van der Waals surface area contributed by atoms with E-state index < -0.39 is 36.5 Å². The summed E-state index contributed by atoms with van der Waals surface area (Å²) in [6.45, 7) is 0.144. The van der Waals surface area contributed by atoms with Gasteiger partial charge in [0, 0.05) is 29.8 Å². The van der Waals surface area contributed by atoms with E-state index in [1.807, 2.05) is 0 Å². The molecule has 0 saturated carbocycles. The Morgan fingerprint density at radius 1 is 1.25 bits per heavy atom. The molecule has 0 aromatic heterocycles. The first-order valence-electron chi connectivity index (χ1n) is 9.16. The monoisotopic (exact) mass is 397 g/mol. The number of alkyl halides is 1. The van der Waals surface area contributed by atoms with E-state index in [4.69, 9.17) is 4.74 Å². The molecule has 154 valence electrons. The molecule has 0 spiro atoms. The number of amides is 3. The molecule has 5 unspecified atom stereocenters. The maximum atomic E-state index is 14.5. The van der Waals surface area contributed by atoms with Crippen LogP contribution in [0.3, 0.4) is 0 Å². The van der Waals surface area contributed by atoms with E-state index in [9.17, 15) is 29.3 Å². The Labute approximate surface area is 160 Å². The maximum absolute atomic E-state index is 14.5. The van der Waals surface area contributed by atoms with Crippen LogP contribution in [0.15, 0.2) is 18.2 Å². The van der Waals surface area contributed by atoms with Crippen LogP contribution in [0, 0.1) is 5.92 Å². The van der Waals surface area contributed by atoms with Crippen molar-refractivity contribution in [1.29, 1.82) is 0 Å². The van der Waals surface area contributed by atoms with Crippen LogP contribution in [-0.4, -0.2) is 58.4 Å². The fourth-order valence-corrected chi connectivity index (χ4v) is 3.48. The highest BCUT2D eigenvalue weighted by molar-refractivity contribution is 6.04. The SMILES string of the molecule is O=C1NC(=O)C(CCCC(O)C2COC(Nc3cc(O)cc(O)c3)C(F)C2)N1. The fraction of sp³-hybridized carbons (Fsp3) is 0.556. The van der Waals surface area contributed by atoms with E-state index in [0.717, 1.165) is 6.07 Å². The number of halogens is 1. The molecule has 2 heterocycles. The second-order valence-corrected chi connectivity index (χ2v) is 7.16. The number of benzene rings is 1. The normalized spacial score (nSPS) is 28.5. The number of nitrogens with one attached hydrogen (secondary N) is 3. The standard InChI is InChI=1S/C18H24FN3O6/c19-13-4-9(15(25)3-1-2-14-16(26)22-18(27)21-14)8-28-17(13)20-10-5-11(23)7-12(24)6-10/h5-7,9,13-15,17,20,23-25H,1-4,8H2,(H2,21,22,26,27). The Morgan fingerprint density at radius 2 is 1.96 bits per heavy atom. The van der Waals surface area contributed by atoms with Gasteiger partial charge in [0.05, 0.1) is 12.7 Å². The third kappa shape index (κ3) is 5.02. The van der Waals surface area contributed by atoms with Crippen molar-refractivity contribution in [2.75, 3.05) is 11.9 Å². The predicted octanol–water partition coefficient (Wildman–Crippen LogP) is 0.950. The van der Waals surface area contributed by atoms with Gasteiger partial charge in [0.1, 0.15) is 23.7 Å². The number of anilines is 1. The summed E-state index contributed by atoms with van der Waals surface area (Å²) in [5, 5.41) is 36.7. The molecule has 0 bridgehead atoms. The molecule has 1 aromatic rings. The lowest BCUT2D eigenvalue weighted by Crippen LogP contribution is -2.44. The van der Waals surface area contributed by atoms with Crippen LogP contribution < -0.4 is 16.0 Å². The number of rotatable bonds is 7. The van der Waals surface area contributed by atoms with Crippen molar-refractivity contribution < 1.29 is 34.0 Å². The van der Waals surface area contributed by atoms with Gasteiger partial charge in [0.15, 0.2) is 6.23 Å². The van der Waals surface area contributed by atoms with Gasteiger partial charge in [-0.2, -0.15) is 0 Å². The van der Waals surface area contributed by atoms with Gasteiger partial charge >= 0.3 is 6.03 Å². The van der Waals surface area contributed by atoms with Crippen LogP contribution in [0.2, 0.25) is 0 Å². The highest BCUT2D eigenvalue weighted by Gasteiger charge is 2.35. The molecule has 6 N–H and O–H groups in total. The number of carbonyl (C=O) groups is 2. The van der Waals surface area contributed by atoms with Gasteiger partial charge in [-0.05, 0) is 25.7 Å². The lowest BCUT2D eigenvalue weighted by atomic mass is 9.90. The summed E-state index contributed by atoms with van der Waals surface area (Å²) in [5.41, 5.74) is 0.320. The molecule has 2 saturated heterocycles. The van der Waals surface area contributed by atoms with E-state index in [1.165, 1.54) is 12.1 Å². The second kappa shape index (κ2) is 8.61. The van der Waals surface area contributed by atoms with E-state index in [2.05, 4.69) is 16.0 Å². The number of phenols is 2. The average molecular weight is 397 g/mol. The van der Waals surface area contributed by atoms with E-state index >= 15 is 0 Å². The van der Waals surface area contributed by atoms with Crippen molar-refractivity contribution in [3.8, 4) is 11.5 Å². The lowest BCUT2D eigenvalue weighted by molar-refractivity contribution is -0.120. The largest absolute Gasteiger partial charge is 0.508 e. The van der Waals surface area contributed by atoms with Gasteiger partial charge in [-0.15, -0.1) is 0 Å². The molecule has 28 heavy (non-hydrogen) atoms. The van der Waals surface area contributed by atoms with Crippen molar-refractivity contribution in [2.24, 2.45) is 5.92 Å². The first-order chi connectivity index (χ1) is 13.3. The average Bonchev–Trinajstić information content (AvgIpc) is 2.93. The zero-order chi connectivity index (χ0) is 20.3. The summed E-state index contributed by atoms with van der Waals surface area (Å²) < 4.78 is 20.0. The van der Waals surface area contributed by atoms with E-state index in [0.29, 0.717) is 24.9 Å². The zero-order valence-electron chi connectivity index (χ0n) is 15.1. The second-order valence-electron chi connectivity index (χ2n) is 7.16. The number of aliphatic hydroxyl groups excluding tert-OH is 1. The van der Waals surface area contributed by atoms with E-state index in [1.54, 1.807) is 0 Å². The Bertz CT molecular complexity index is 713. The number of aromatic hydroxyl groups is 2. The fourth-order valence-electron chi connectivity index (χ4n) is 3.48. The van der Waals surface area contributed by atoms with Gasteiger partial charge in [-0.25, -0.2) is 9.18 Å². The summed E-state index contributed by atoms with van der Waals surface area (Å²) in [4.78, 5) is 22.5. The number of urea groups is 1. The minimum atomic E-state index is -1.39. The van der Waals surface area contributed by atoms with Crippen LogP contribution >= 0.6 is 0 Å². The van der Waals surface area contributed by atoms with Crippen LogP contribution in [0.4, 0.5) is 14.9 Å². The van der Waals surface area contributed by atoms with Gasteiger partial charge in [-0.3, -0.25) is 10.1 Å². The Hall–Kier alpha value is -2.59. The molecule has 3 amide bonds. The first-order valence-corrected chi connectivity index (χ1v) is 9.16. The Kier molecular flexibility index (Phi) is 6.20. The van der Waals surface area contributed by atoms with Crippen LogP contribution in [0.5, 0.6) is 11.5 Å². The predicted molar refractivity (Wildman–Crippen MR) is 96.5 cm³/mol. The number of hydrogen-bond acceptors (Lipinski definition) is 7. The van der Waals surface area contributed by atoms with Gasteiger partial charge in [0.2, 0.25) is 0 Å². The molecule has 5 atom stereocenters. The third-order valence-electron chi connectivity index (χ3n) is 4.95. The molecule has 9 nitrogen and oxygen atoms in total. The van der Waals surface area contributed by atoms with Crippen LogP contribution in [0.25, 0.3) is 0 Å². The third-order valence-corrected chi connectivity index (χ3v) is 4.95. The minimum Gasteiger partial charge on any atom is -0.508 e. The van der Waals surface area contributed by atoms with Crippen molar-refractivity contribution in [1.82, 2.24) is 10.6 Å². The summed E-state index contributed by atoms with van der Waals surface area (Å²) in [6, 6.07) is 2.73. The molecule has 0 aliphatic carbocycles. The molecule has 2 aliphatic rings. The quantitative estimate of drug-likeness (QED) is 0.376. The highest BCUT2D eigenvalue weighted by Crippen LogP contribution is 2.30. The van der Waals surface area contributed by atoms with Crippen LogP contribution in [-0.2, 0) is 9.53 Å². The lowest BCUT2D eigenvalue weighted by Gasteiger charge is -2.35. The molecule has 10 heteroatoms. The number of imide groups is 1. The molecule has 2 fully saturated rings. The van der Waals surface area contributed by atoms with Gasteiger partial charge in [-0.1, -0.05) is 0 Å². The van der Waals surface area contributed by atoms with E-state index in [-0.39, 0.29) is 30.4 Å². The van der Waals surface area contributed by atoms with Crippen molar-refractivity contribution in [3.63, 3.8) is 0 Å². The summed E-state index contributed by atoms with van der Waals surface area (Å²) in [7, 11) is 0. The zero-order valence-corrected chi connectivity index (χ0v) is 15.1. The Balaban J connectivity index is 1.43. The molecular formula is C18H24FN3O6. The molecule has 2 aliphatic heterocycles. The molecule has 1 aromatic carbocycles. The van der Waals surface area contributed by atoms with Crippen LogP contribution in [0.1, 0.15) is 25.7 Å². The topological polar surface area (TPSA) is 140 Å². The molecule has 3 rings (SSSR count). The number of ether oxygens (including phenoxy) is 1. The minimum absolute atomic E-state index is 0.0876. The van der Waals surface area contributed by atoms with Crippen molar-refractivity contribution >= 4 is 17.6 Å². The van der Waals surface area contributed by atoms with Gasteiger partial charge in [0.25, 0.3) is 5.91 Å². The maximum Gasteiger partial charge on any atom is 0.322 e. The number of aliphatic hydroxyl groups is 1. The number of carbonyl (C=O) groups excluding carboxylic acids is 2. The van der Waals surface area contributed by atoms with Crippen molar-refractivity contribution in [2.45, 2.75) is 50.2 Å². The Morgan fingerprint density at radius 3 is 2.57 bits per heavy atom. The number of hydrogen-bond donors (Lipinski definition) is 6. The summed E-state index contributed by atoms with van der Waals surface area (Å²) in [6.07, 6.45) is -1.80.